The van der Waals surface area contributed by atoms with Crippen LogP contribution < -0.4 is 10.2 Å². The van der Waals surface area contributed by atoms with Gasteiger partial charge in [0.25, 0.3) is 0 Å². The molecule has 5 nitrogen and oxygen atoms in total. The molecule has 1 N–H and O–H groups in total. The van der Waals surface area contributed by atoms with E-state index in [1.807, 2.05) is 14.1 Å². The molecule has 1 rings (SSSR count). The van der Waals surface area contributed by atoms with Gasteiger partial charge in [0.1, 0.15) is 22.4 Å². The molecule has 90 valence electrons. The van der Waals surface area contributed by atoms with Gasteiger partial charge in [0.2, 0.25) is 0 Å². The highest BCUT2D eigenvalue weighted by Crippen LogP contribution is 2.28. The molecule has 0 amide bonds. The van der Waals surface area contributed by atoms with Crippen LogP contribution in [0.3, 0.4) is 0 Å². The lowest BCUT2D eigenvalue weighted by Gasteiger charge is -2.19. The average Bonchev–Trinajstić information content (AvgIpc) is 2.29. The summed E-state index contributed by atoms with van der Waals surface area (Å²) in [4.78, 5) is 10.4. The highest BCUT2D eigenvalue weighted by atomic mass is 79.9. The van der Waals surface area contributed by atoms with Gasteiger partial charge in [0.15, 0.2) is 0 Å². The zero-order chi connectivity index (χ0) is 12.0. The molecule has 0 spiro atoms. The maximum Gasteiger partial charge on any atom is 0.148 e. The number of hydrogen-bond donors (Lipinski definition) is 1. The summed E-state index contributed by atoms with van der Waals surface area (Å²) in [7, 11) is 5.55. The van der Waals surface area contributed by atoms with Gasteiger partial charge >= 0.3 is 0 Å². The Labute approximate surface area is 104 Å². The molecule has 0 saturated carbocycles. The number of aromatic nitrogens is 2. The number of methoxy groups -OCH3 is 1. The van der Waals surface area contributed by atoms with Gasteiger partial charge in [-0.1, -0.05) is 0 Å². The van der Waals surface area contributed by atoms with Crippen LogP contribution in [0.4, 0.5) is 11.6 Å². The smallest absolute Gasteiger partial charge is 0.148 e. The van der Waals surface area contributed by atoms with E-state index in [9.17, 15) is 0 Å². The summed E-state index contributed by atoms with van der Waals surface area (Å²) in [5, 5.41) is 3.01. The van der Waals surface area contributed by atoms with Crippen LogP contribution in [0.1, 0.15) is 6.42 Å². The maximum absolute atomic E-state index is 5.02. The predicted molar refractivity (Wildman–Crippen MR) is 69.0 cm³/mol. The van der Waals surface area contributed by atoms with E-state index in [4.69, 9.17) is 4.74 Å². The van der Waals surface area contributed by atoms with E-state index in [-0.39, 0.29) is 0 Å². The van der Waals surface area contributed by atoms with Crippen molar-refractivity contribution in [3.8, 4) is 0 Å². The second-order valence-corrected chi connectivity index (χ2v) is 4.17. The van der Waals surface area contributed by atoms with Crippen LogP contribution in [0.5, 0.6) is 0 Å². The Morgan fingerprint density at radius 1 is 1.50 bits per heavy atom. The van der Waals surface area contributed by atoms with Crippen molar-refractivity contribution in [2.45, 2.75) is 6.42 Å². The summed E-state index contributed by atoms with van der Waals surface area (Å²) < 4.78 is 5.91. The summed E-state index contributed by atoms with van der Waals surface area (Å²) in [6.07, 6.45) is 2.52. The molecule has 0 bridgehead atoms. The fraction of sp³-hybridized carbons (Fsp3) is 0.600. The molecule has 0 atom stereocenters. The molecule has 6 heteroatoms. The van der Waals surface area contributed by atoms with Crippen molar-refractivity contribution in [1.29, 1.82) is 0 Å². The van der Waals surface area contributed by atoms with Gasteiger partial charge in [0.05, 0.1) is 0 Å². The zero-order valence-electron chi connectivity index (χ0n) is 9.83. The van der Waals surface area contributed by atoms with Gasteiger partial charge in [-0.3, -0.25) is 0 Å². The number of rotatable bonds is 6. The third kappa shape index (κ3) is 3.31. The summed E-state index contributed by atoms with van der Waals surface area (Å²) in [5.41, 5.74) is 0. The molecule has 0 aliphatic heterocycles. The van der Waals surface area contributed by atoms with Gasteiger partial charge in [-0.05, 0) is 22.4 Å². The van der Waals surface area contributed by atoms with Gasteiger partial charge in [0, 0.05) is 34.4 Å². The lowest BCUT2D eigenvalue weighted by Crippen LogP contribution is -2.21. The van der Waals surface area contributed by atoms with Crippen molar-refractivity contribution in [3.05, 3.63) is 10.8 Å². The first-order valence-corrected chi connectivity index (χ1v) is 5.88. The van der Waals surface area contributed by atoms with Crippen molar-refractivity contribution in [2.75, 3.05) is 44.6 Å². The monoisotopic (exact) mass is 288 g/mol. The largest absolute Gasteiger partial charge is 0.385 e. The van der Waals surface area contributed by atoms with Gasteiger partial charge in [-0.2, -0.15) is 0 Å². The SMILES string of the molecule is CNc1ncnc(N(C)CCCOC)c1Br. The summed E-state index contributed by atoms with van der Waals surface area (Å²) in [6, 6.07) is 0. The lowest BCUT2D eigenvalue weighted by molar-refractivity contribution is 0.196. The fourth-order valence-corrected chi connectivity index (χ4v) is 2.06. The fourth-order valence-electron chi connectivity index (χ4n) is 1.35. The molecule has 0 saturated heterocycles. The highest BCUT2D eigenvalue weighted by Gasteiger charge is 2.11. The van der Waals surface area contributed by atoms with E-state index in [2.05, 4.69) is 36.1 Å². The molecule has 1 aromatic rings. The second-order valence-electron chi connectivity index (χ2n) is 3.38. The summed E-state index contributed by atoms with van der Waals surface area (Å²) in [6.45, 7) is 1.65. The van der Waals surface area contributed by atoms with Crippen LogP contribution >= 0.6 is 15.9 Å². The number of nitrogens with one attached hydrogen (secondary N) is 1. The van der Waals surface area contributed by atoms with E-state index in [0.717, 1.165) is 35.7 Å². The number of nitrogens with zero attached hydrogens (tertiary/aromatic N) is 3. The first kappa shape index (κ1) is 13.2. The van der Waals surface area contributed by atoms with Crippen LogP contribution in [-0.2, 0) is 4.74 Å². The van der Waals surface area contributed by atoms with Gasteiger partial charge < -0.3 is 15.0 Å². The van der Waals surface area contributed by atoms with Crippen LogP contribution in [0, 0.1) is 0 Å². The number of ether oxygens (including phenoxy) is 1. The van der Waals surface area contributed by atoms with Crippen LogP contribution in [-0.4, -0.2) is 44.3 Å². The Kier molecular flexibility index (Phi) is 5.48. The van der Waals surface area contributed by atoms with Crippen molar-refractivity contribution in [1.82, 2.24) is 9.97 Å². The Morgan fingerprint density at radius 2 is 2.25 bits per heavy atom. The first-order valence-electron chi connectivity index (χ1n) is 5.09. The average molecular weight is 289 g/mol. The Hall–Kier alpha value is -0.880. The van der Waals surface area contributed by atoms with E-state index in [0.29, 0.717) is 0 Å². The third-order valence-corrected chi connectivity index (χ3v) is 2.94. The van der Waals surface area contributed by atoms with Crippen molar-refractivity contribution in [2.24, 2.45) is 0 Å². The molecule has 0 aromatic carbocycles. The molecule has 16 heavy (non-hydrogen) atoms. The van der Waals surface area contributed by atoms with E-state index in [1.54, 1.807) is 13.4 Å². The minimum atomic E-state index is 0.756. The van der Waals surface area contributed by atoms with Crippen LogP contribution in [0.2, 0.25) is 0 Å². The zero-order valence-corrected chi connectivity index (χ0v) is 11.4. The Balaban J connectivity index is 2.71. The van der Waals surface area contributed by atoms with E-state index in [1.165, 1.54) is 0 Å². The van der Waals surface area contributed by atoms with Crippen LogP contribution in [0.15, 0.2) is 10.8 Å². The molecule has 0 radical (unpaired) electrons. The Morgan fingerprint density at radius 3 is 2.88 bits per heavy atom. The topological polar surface area (TPSA) is 50.3 Å². The quantitative estimate of drug-likeness (QED) is 0.809. The third-order valence-electron chi connectivity index (χ3n) is 2.21. The predicted octanol–water partition coefficient (Wildman–Crippen LogP) is 1.75. The van der Waals surface area contributed by atoms with E-state index >= 15 is 0 Å². The molecule has 0 aliphatic carbocycles. The standard InChI is InChI=1S/C10H17BrN4O/c1-12-9-8(11)10(14-7-13-9)15(2)5-4-6-16-3/h7H,4-6H2,1-3H3,(H,12,13,14). The van der Waals surface area contributed by atoms with Crippen molar-refractivity contribution >= 4 is 27.6 Å². The van der Waals surface area contributed by atoms with Crippen LogP contribution in [0.25, 0.3) is 0 Å². The first-order chi connectivity index (χ1) is 7.70. The van der Waals surface area contributed by atoms with Gasteiger partial charge in [-0.25, -0.2) is 9.97 Å². The summed E-state index contributed by atoms with van der Waals surface area (Å²) in [5.74, 6) is 1.68. The normalized spacial score (nSPS) is 10.2. The maximum atomic E-state index is 5.02. The molecule has 0 unspecified atom stereocenters. The highest BCUT2D eigenvalue weighted by molar-refractivity contribution is 9.10. The van der Waals surface area contributed by atoms with Crippen molar-refractivity contribution in [3.63, 3.8) is 0 Å². The number of anilines is 2. The molecule has 0 aliphatic rings. The molecule has 1 aromatic heterocycles. The molecular weight excluding hydrogens is 272 g/mol. The Bertz CT molecular complexity index is 335. The van der Waals surface area contributed by atoms with Gasteiger partial charge in [-0.15, -0.1) is 0 Å². The van der Waals surface area contributed by atoms with Crippen molar-refractivity contribution < 1.29 is 4.74 Å². The number of halogens is 1. The second kappa shape index (κ2) is 6.65. The van der Waals surface area contributed by atoms with E-state index < -0.39 is 0 Å². The molecule has 0 fully saturated rings. The lowest BCUT2D eigenvalue weighted by atomic mass is 10.4. The molecular formula is C10H17BrN4O. The number of hydrogen-bond acceptors (Lipinski definition) is 5. The minimum absolute atomic E-state index is 0.756. The summed E-state index contributed by atoms with van der Waals surface area (Å²) >= 11 is 3.49. The minimum Gasteiger partial charge on any atom is -0.385 e. The molecule has 1 heterocycles.